The third kappa shape index (κ3) is 4.47. The van der Waals surface area contributed by atoms with Crippen molar-refractivity contribution in [2.75, 3.05) is 13.2 Å². The first-order valence-corrected chi connectivity index (χ1v) is 8.51. The van der Waals surface area contributed by atoms with Crippen molar-refractivity contribution in [3.05, 3.63) is 41.5 Å². The number of allylic oxidation sites excluding steroid dienone is 1. The summed E-state index contributed by atoms with van der Waals surface area (Å²) < 4.78 is 50.7. The molecule has 23 heavy (non-hydrogen) atoms. The van der Waals surface area contributed by atoms with Crippen LogP contribution < -0.4 is 0 Å². The highest BCUT2D eigenvalue weighted by molar-refractivity contribution is 7.54. The number of hydrogen-bond acceptors (Lipinski definition) is 4. The lowest BCUT2D eigenvalue weighted by Gasteiger charge is -2.26. The Morgan fingerprint density at radius 3 is 2.09 bits per heavy atom. The third-order valence-electron chi connectivity index (χ3n) is 2.97. The van der Waals surface area contributed by atoms with E-state index in [1.54, 1.807) is 6.92 Å². The number of halogens is 2. The van der Waals surface area contributed by atoms with Crippen molar-refractivity contribution in [1.29, 1.82) is 0 Å². The van der Waals surface area contributed by atoms with Crippen LogP contribution in [0.25, 0.3) is 5.57 Å². The highest BCUT2D eigenvalue weighted by atomic mass is 31.2. The molecule has 5 nitrogen and oxygen atoms in total. The molecule has 0 saturated carbocycles. The highest BCUT2D eigenvalue weighted by Gasteiger charge is 2.54. The number of hydrogen-bond donors (Lipinski definition) is 1. The van der Waals surface area contributed by atoms with Crippen LogP contribution in [0.2, 0.25) is 0 Å². The van der Waals surface area contributed by atoms with Crippen molar-refractivity contribution in [2.24, 2.45) is 0 Å². The van der Waals surface area contributed by atoms with Crippen LogP contribution in [-0.2, 0) is 24.1 Å². The summed E-state index contributed by atoms with van der Waals surface area (Å²) in [4.78, 5) is 10.6. The van der Waals surface area contributed by atoms with Crippen LogP contribution in [0, 0.1) is 0 Å². The predicted octanol–water partition coefficient (Wildman–Crippen LogP) is 4.49. The van der Waals surface area contributed by atoms with Crippen LogP contribution >= 0.6 is 7.60 Å². The molecule has 0 aliphatic heterocycles. The van der Waals surface area contributed by atoms with E-state index in [4.69, 9.17) is 14.2 Å². The Morgan fingerprint density at radius 1 is 1.22 bits per heavy atom. The molecule has 0 spiro atoms. The van der Waals surface area contributed by atoms with Gasteiger partial charge in [0.1, 0.15) is 0 Å². The van der Waals surface area contributed by atoms with Crippen molar-refractivity contribution in [3.63, 3.8) is 0 Å². The monoisotopic (exact) mass is 348 g/mol. The molecular weight excluding hydrogens is 329 g/mol. The first-order chi connectivity index (χ1) is 10.7. The van der Waals surface area contributed by atoms with Crippen LogP contribution in [0.3, 0.4) is 0 Å². The number of carboxylic acids is 1. The second-order valence-electron chi connectivity index (χ2n) is 4.62. The molecule has 0 amide bonds. The lowest BCUT2D eigenvalue weighted by molar-refractivity contribution is -0.131. The van der Waals surface area contributed by atoms with Crippen molar-refractivity contribution < 1.29 is 32.3 Å². The first-order valence-electron chi connectivity index (χ1n) is 6.97. The van der Waals surface area contributed by atoms with Crippen LogP contribution in [0.5, 0.6) is 0 Å². The van der Waals surface area contributed by atoms with Gasteiger partial charge in [-0.15, -0.1) is 0 Å². The van der Waals surface area contributed by atoms with Gasteiger partial charge in [-0.25, -0.2) is 4.79 Å². The molecular formula is C15H19F2O5P. The van der Waals surface area contributed by atoms with E-state index in [0.717, 1.165) is 18.2 Å². The lowest BCUT2D eigenvalue weighted by Crippen LogP contribution is -2.18. The van der Waals surface area contributed by atoms with Gasteiger partial charge in [0.2, 0.25) is 0 Å². The Morgan fingerprint density at radius 2 is 1.70 bits per heavy atom. The second kappa shape index (κ2) is 7.81. The summed E-state index contributed by atoms with van der Waals surface area (Å²) in [7, 11) is -4.65. The summed E-state index contributed by atoms with van der Waals surface area (Å²) in [5.41, 5.74) is -3.45. The lowest BCUT2D eigenvalue weighted by atomic mass is 10.1. The molecule has 0 aliphatic rings. The van der Waals surface area contributed by atoms with E-state index < -0.39 is 24.8 Å². The molecule has 0 saturated heterocycles. The summed E-state index contributed by atoms with van der Waals surface area (Å²) in [5, 5.41) is 8.69. The SMILES string of the molecule is CCOP(=O)(OCC)C(F)(F)c1ccc(/C(C)=C\C(=O)O)cc1. The van der Waals surface area contributed by atoms with Gasteiger partial charge >= 0.3 is 19.2 Å². The summed E-state index contributed by atoms with van der Waals surface area (Å²) in [6.45, 7) is 4.10. The van der Waals surface area contributed by atoms with Crippen LogP contribution in [-0.4, -0.2) is 24.3 Å². The van der Waals surface area contributed by atoms with Gasteiger partial charge in [-0.1, -0.05) is 24.3 Å². The summed E-state index contributed by atoms with van der Waals surface area (Å²) >= 11 is 0. The Balaban J connectivity index is 3.19. The minimum Gasteiger partial charge on any atom is -0.478 e. The van der Waals surface area contributed by atoms with Crippen molar-refractivity contribution in [2.45, 2.75) is 26.4 Å². The first kappa shape index (κ1) is 19.5. The molecule has 0 atom stereocenters. The molecule has 0 fully saturated rings. The second-order valence-corrected chi connectivity index (χ2v) is 6.69. The average Bonchev–Trinajstić information content (AvgIpc) is 2.47. The molecule has 0 radical (unpaired) electrons. The Bertz CT molecular complexity index is 615. The van der Waals surface area contributed by atoms with E-state index in [1.165, 1.54) is 26.0 Å². The minimum absolute atomic E-state index is 0.175. The topological polar surface area (TPSA) is 72.8 Å². The predicted molar refractivity (Wildman–Crippen MR) is 82.5 cm³/mol. The summed E-state index contributed by atoms with van der Waals surface area (Å²) in [5.74, 6) is -1.13. The zero-order valence-corrected chi connectivity index (χ0v) is 14.0. The maximum Gasteiger partial charge on any atom is 0.404 e. The van der Waals surface area contributed by atoms with Gasteiger partial charge in [-0.3, -0.25) is 4.57 Å². The van der Waals surface area contributed by atoms with Crippen molar-refractivity contribution in [3.8, 4) is 0 Å². The number of benzene rings is 1. The number of alkyl halides is 2. The fraction of sp³-hybridized carbons (Fsp3) is 0.400. The largest absolute Gasteiger partial charge is 0.478 e. The quantitative estimate of drug-likeness (QED) is 0.553. The Labute approximate surface area is 133 Å². The van der Waals surface area contributed by atoms with E-state index in [-0.39, 0.29) is 13.2 Å². The molecule has 0 heterocycles. The summed E-state index contributed by atoms with van der Waals surface area (Å²) in [6.07, 6.45) is 0.971. The Kier molecular flexibility index (Phi) is 6.62. The molecule has 1 rings (SSSR count). The van der Waals surface area contributed by atoms with Gasteiger partial charge in [0, 0.05) is 11.6 Å². The van der Waals surface area contributed by atoms with E-state index in [2.05, 4.69) is 0 Å². The molecule has 8 heteroatoms. The van der Waals surface area contributed by atoms with E-state index in [9.17, 15) is 18.1 Å². The number of rotatable bonds is 8. The maximum atomic E-state index is 14.5. The number of carboxylic acid groups (broad SMARTS) is 1. The summed E-state index contributed by atoms with van der Waals surface area (Å²) in [6, 6.07) is 4.83. The van der Waals surface area contributed by atoms with E-state index in [0.29, 0.717) is 11.1 Å². The van der Waals surface area contributed by atoms with E-state index in [1.807, 2.05) is 0 Å². The Hall–Kier alpha value is -1.56. The smallest absolute Gasteiger partial charge is 0.404 e. The minimum atomic E-state index is -4.65. The van der Waals surface area contributed by atoms with Gasteiger partial charge in [0.15, 0.2) is 0 Å². The van der Waals surface area contributed by atoms with Gasteiger partial charge < -0.3 is 14.2 Å². The van der Waals surface area contributed by atoms with Crippen LogP contribution in [0.15, 0.2) is 30.3 Å². The fourth-order valence-corrected chi connectivity index (χ4v) is 3.44. The molecule has 1 aromatic carbocycles. The normalized spacial score (nSPS) is 13.2. The average molecular weight is 348 g/mol. The molecule has 1 aromatic rings. The molecule has 0 bridgehead atoms. The number of carbonyl (C=O) groups is 1. The standard InChI is InChI=1S/C15H19F2O5P/c1-4-21-23(20,22-5-2)15(16,17)13-8-6-12(7-9-13)11(3)10-14(18)19/h6-10H,4-5H2,1-3H3,(H,18,19)/b11-10-. The third-order valence-corrected chi connectivity index (χ3v) is 5.11. The fourth-order valence-electron chi connectivity index (χ4n) is 1.90. The van der Waals surface area contributed by atoms with Gasteiger partial charge in [-0.05, 0) is 31.9 Å². The van der Waals surface area contributed by atoms with Gasteiger partial charge in [0.05, 0.1) is 13.2 Å². The van der Waals surface area contributed by atoms with Crippen molar-refractivity contribution in [1.82, 2.24) is 0 Å². The van der Waals surface area contributed by atoms with Gasteiger partial charge in [0.25, 0.3) is 0 Å². The van der Waals surface area contributed by atoms with Crippen LogP contribution in [0.1, 0.15) is 31.9 Å². The highest BCUT2D eigenvalue weighted by Crippen LogP contribution is 2.66. The number of aliphatic carboxylic acids is 1. The molecule has 128 valence electrons. The maximum absolute atomic E-state index is 14.5. The van der Waals surface area contributed by atoms with Gasteiger partial charge in [-0.2, -0.15) is 8.78 Å². The molecule has 1 N–H and O–H groups in total. The van der Waals surface area contributed by atoms with Crippen molar-refractivity contribution >= 4 is 19.1 Å². The molecule has 0 unspecified atom stereocenters. The molecule has 0 aromatic heterocycles. The zero-order chi connectivity index (χ0) is 17.7. The van der Waals surface area contributed by atoms with Crippen LogP contribution in [0.4, 0.5) is 8.78 Å². The molecule has 0 aliphatic carbocycles. The van der Waals surface area contributed by atoms with E-state index >= 15 is 0 Å². The zero-order valence-electron chi connectivity index (χ0n) is 13.1.